The van der Waals surface area contributed by atoms with E-state index in [1.807, 2.05) is 36.4 Å². The molecular weight excluding hydrogens is 380 g/mol. The lowest BCUT2D eigenvalue weighted by Crippen LogP contribution is -2.41. The Morgan fingerprint density at radius 3 is 2.96 bits per heavy atom. The molecule has 146 valence electrons. The predicted molar refractivity (Wildman–Crippen MR) is 109 cm³/mol. The number of hydrogen-bond donors (Lipinski definition) is 2. The van der Waals surface area contributed by atoms with E-state index in [2.05, 4.69) is 20.6 Å². The first kappa shape index (κ1) is 18.7. The summed E-state index contributed by atoms with van der Waals surface area (Å²) in [4.78, 5) is 8.74. The minimum atomic E-state index is 0.00484. The molecule has 1 atom stereocenters. The first-order valence-electron chi connectivity index (χ1n) is 9.03. The fraction of sp³-hybridized carbons (Fsp3) is 0.300. The van der Waals surface area contributed by atoms with Crippen molar-refractivity contribution in [2.75, 3.05) is 38.7 Å². The molecule has 1 aromatic heterocycles. The van der Waals surface area contributed by atoms with E-state index in [1.165, 1.54) is 6.33 Å². The van der Waals surface area contributed by atoms with Crippen LogP contribution in [0.1, 0.15) is 0 Å². The number of fused-ring (bicyclic) bond motifs is 1. The second-order valence-corrected chi connectivity index (χ2v) is 6.82. The van der Waals surface area contributed by atoms with Gasteiger partial charge < -0.3 is 24.8 Å². The molecular formula is C20H21ClN4O3. The average molecular weight is 401 g/mol. The number of benzene rings is 2. The van der Waals surface area contributed by atoms with E-state index in [0.717, 1.165) is 29.7 Å². The number of aromatic nitrogens is 2. The first-order valence-corrected chi connectivity index (χ1v) is 9.41. The minimum Gasteiger partial charge on any atom is -0.493 e. The molecule has 3 aromatic rings. The Balaban J connectivity index is 1.63. The second-order valence-electron chi connectivity index (χ2n) is 6.39. The van der Waals surface area contributed by atoms with Crippen LogP contribution in [0.15, 0.2) is 42.7 Å². The molecule has 2 N–H and O–H groups in total. The molecule has 1 fully saturated rings. The Morgan fingerprint density at radius 2 is 2.18 bits per heavy atom. The Bertz CT molecular complexity index is 963. The number of hydrogen-bond acceptors (Lipinski definition) is 7. The van der Waals surface area contributed by atoms with Gasteiger partial charge in [0, 0.05) is 35.3 Å². The molecule has 2 heterocycles. The summed E-state index contributed by atoms with van der Waals surface area (Å²) in [5.74, 6) is 1.90. The van der Waals surface area contributed by atoms with Crippen molar-refractivity contribution >= 4 is 34.0 Å². The number of halogens is 1. The Morgan fingerprint density at radius 1 is 1.25 bits per heavy atom. The normalized spacial score (nSPS) is 16.7. The van der Waals surface area contributed by atoms with E-state index in [9.17, 15) is 0 Å². The van der Waals surface area contributed by atoms with E-state index in [-0.39, 0.29) is 6.10 Å². The Kier molecular flexibility index (Phi) is 5.76. The lowest BCUT2D eigenvalue weighted by atomic mass is 10.2. The molecule has 0 spiro atoms. The summed E-state index contributed by atoms with van der Waals surface area (Å²) in [6.45, 7) is 2.75. The molecule has 1 aliphatic heterocycles. The van der Waals surface area contributed by atoms with Gasteiger partial charge in [0.15, 0.2) is 11.5 Å². The van der Waals surface area contributed by atoms with E-state index in [0.29, 0.717) is 35.6 Å². The zero-order valence-corrected chi connectivity index (χ0v) is 16.2. The van der Waals surface area contributed by atoms with Crippen LogP contribution in [0.3, 0.4) is 0 Å². The molecule has 28 heavy (non-hydrogen) atoms. The molecule has 0 amide bonds. The molecule has 0 bridgehead atoms. The van der Waals surface area contributed by atoms with Crippen LogP contribution < -0.4 is 20.1 Å². The lowest BCUT2D eigenvalue weighted by molar-refractivity contribution is -0.000232. The van der Waals surface area contributed by atoms with Gasteiger partial charge in [-0.05, 0) is 24.3 Å². The Labute approximate surface area is 168 Å². The Hall–Kier alpha value is -2.61. The number of nitrogens with one attached hydrogen (secondary N) is 2. The number of methoxy groups -OCH3 is 1. The van der Waals surface area contributed by atoms with Gasteiger partial charge in [0.25, 0.3) is 0 Å². The monoisotopic (exact) mass is 400 g/mol. The SMILES string of the molecule is COc1cc2ncnc(Nc3cccc(Cl)c3)c2cc1OCC1CNCCO1. The van der Waals surface area contributed by atoms with Gasteiger partial charge >= 0.3 is 0 Å². The van der Waals surface area contributed by atoms with E-state index in [1.54, 1.807) is 7.11 Å². The van der Waals surface area contributed by atoms with E-state index >= 15 is 0 Å². The van der Waals surface area contributed by atoms with Crippen molar-refractivity contribution in [3.63, 3.8) is 0 Å². The smallest absolute Gasteiger partial charge is 0.162 e. The quantitative estimate of drug-likeness (QED) is 0.656. The van der Waals surface area contributed by atoms with Crippen LogP contribution >= 0.6 is 11.6 Å². The summed E-state index contributed by atoms with van der Waals surface area (Å²) in [6, 6.07) is 11.2. The van der Waals surface area contributed by atoms with Crippen molar-refractivity contribution in [1.29, 1.82) is 0 Å². The summed E-state index contributed by atoms with van der Waals surface area (Å²) in [5, 5.41) is 8.05. The van der Waals surface area contributed by atoms with Gasteiger partial charge in [-0.2, -0.15) is 0 Å². The second kappa shape index (κ2) is 8.60. The van der Waals surface area contributed by atoms with Crippen LogP contribution in [0.2, 0.25) is 5.02 Å². The number of ether oxygens (including phenoxy) is 3. The molecule has 1 unspecified atom stereocenters. The van der Waals surface area contributed by atoms with Crippen molar-refractivity contribution in [1.82, 2.24) is 15.3 Å². The van der Waals surface area contributed by atoms with E-state index in [4.69, 9.17) is 25.8 Å². The van der Waals surface area contributed by atoms with Crippen LogP contribution in [-0.4, -0.2) is 49.5 Å². The zero-order chi connectivity index (χ0) is 19.3. The maximum atomic E-state index is 6.08. The number of anilines is 2. The molecule has 2 aromatic carbocycles. The number of morpholine rings is 1. The molecule has 0 aliphatic carbocycles. The summed E-state index contributed by atoms with van der Waals surface area (Å²) in [6.07, 6.45) is 1.52. The van der Waals surface area contributed by atoms with Crippen molar-refractivity contribution in [3.8, 4) is 11.5 Å². The van der Waals surface area contributed by atoms with Gasteiger partial charge in [0.05, 0.1) is 19.2 Å². The van der Waals surface area contributed by atoms with Crippen molar-refractivity contribution in [2.45, 2.75) is 6.10 Å². The summed E-state index contributed by atoms with van der Waals surface area (Å²) in [7, 11) is 1.61. The third-order valence-electron chi connectivity index (χ3n) is 4.44. The average Bonchev–Trinajstić information content (AvgIpc) is 2.72. The lowest BCUT2D eigenvalue weighted by Gasteiger charge is -2.24. The highest BCUT2D eigenvalue weighted by molar-refractivity contribution is 6.30. The molecule has 0 saturated carbocycles. The molecule has 4 rings (SSSR count). The topological polar surface area (TPSA) is 77.5 Å². The van der Waals surface area contributed by atoms with Crippen LogP contribution in [0.5, 0.6) is 11.5 Å². The zero-order valence-electron chi connectivity index (χ0n) is 15.4. The van der Waals surface area contributed by atoms with Crippen LogP contribution in [0, 0.1) is 0 Å². The fourth-order valence-electron chi connectivity index (χ4n) is 3.05. The highest BCUT2D eigenvalue weighted by Crippen LogP contribution is 2.35. The molecule has 1 aliphatic rings. The summed E-state index contributed by atoms with van der Waals surface area (Å²) >= 11 is 6.08. The summed E-state index contributed by atoms with van der Waals surface area (Å²) in [5.41, 5.74) is 1.59. The highest BCUT2D eigenvalue weighted by atomic mass is 35.5. The third kappa shape index (κ3) is 4.27. The van der Waals surface area contributed by atoms with E-state index < -0.39 is 0 Å². The highest BCUT2D eigenvalue weighted by Gasteiger charge is 2.17. The van der Waals surface area contributed by atoms with Crippen molar-refractivity contribution < 1.29 is 14.2 Å². The van der Waals surface area contributed by atoms with Crippen LogP contribution in [0.25, 0.3) is 10.9 Å². The van der Waals surface area contributed by atoms with Crippen molar-refractivity contribution in [3.05, 3.63) is 47.7 Å². The summed E-state index contributed by atoms with van der Waals surface area (Å²) < 4.78 is 17.2. The van der Waals surface area contributed by atoms with Gasteiger partial charge in [0.2, 0.25) is 0 Å². The van der Waals surface area contributed by atoms with Gasteiger partial charge in [0.1, 0.15) is 24.9 Å². The largest absolute Gasteiger partial charge is 0.493 e. The maximum Gasteiger partial charge on any atom is 0.162 e. The predicted octanol–water partition coefficient (Wildman–Crippen LogP) is 3.40. The van der Waals surface area contributed by atoms with Crippen LogP contribution in [-0.2, 0) is 4.74 Å². The molecule has 7 nitrogen and oxygen atoms in total. The maximum absolute atomic E-state index is 6.08. The van der Waals surface area contributed by atoms with Gasteiger partial charge in [-0.15, -0.1) is 0 Å². The third-order valence-corrected chi connectivity index (χ3v) is 4.67. The van der Waals surface area contributed by atoms with Gasteiger partial charge in [-0.3, -0.25) is 0 Å². The van der Waals surface area contributed by atoms with Gasteiger partial charge in [-0.1, -0.05) is 17.7 Å². The number of rotatable bonds is 6. The fourth-order valence-corrected chi connectivity index (χ4v) is 3.24. The molecule has 1 saturated heterocycles. The molecule has 8 heteroatoms. The molecule has 0 radical (unpaired) electrons. The number of nitrogens with zero attached hydrogens (tertiary/aromatic N) is 2. The van der Waals surface area contributed by atoms with Crippen LogP contribution in [0.4, 0.5) is 11.5 Å². The van der Waals surface area contributed by atoms with Gasteiger partial charge in [-0.25, -0.2) is 9.97 Å². The van der Waals surface area contributed by atoms with Crippen molar-refractivity contribution in [2.24, 2.45) is 0 Å². The standard InChI is InChI=1S/C20H21ClN4O3/c1-26-18-9-17-16(8-19(18)28-11-15-10-22-5-6-27-15)20(24-12-23-17)25-14-4-2-3-13(21)7-14/h2-4,7-9,12,15,22H,5-6,10-11H2,1H3,(H,23,24,25). The first-order chi connectivity index (χ1) is 13.7. The minimum absolute atomic E-state index is 0.00484.